The van der Waals surface area contributed by atoms with E-state index in [9.17, 15) is 0 Å². The zero-order valence-electron chi connectivity index (χ0n) is 24.8. The van der Waals surface area contributed by atoms with Crippen LogP contribution in [-0.4, -0.2) is 0 Å². The predicted molar refractivity (Wildman–Crippen MR) is 149 cm³/mol. The van der Waals surface area contributed by atoms with Gasteiger partial charge < -0.3 is 0 Å². The van der Waals surface area contributed by atoms with Gasteiger partial charge in [0.15, 0.2) is 0 Å². The first-order chi connectivity index (χ1) is 14.7. The molecule has 1 aliphatic rings. The summed E-state index contributed by atoms with van der Waals surface area (Å²) in [6.45, 7) is 30.0. The Hall–Kier alpha value is 0. The first-order valence-corrected chi connectivity index (χ1v) is 14.7. The minimum absolute atomic E-state index is 0.870. The normalized spacial score (nSPS) is 19.3. The van der Waals surface area contributed by atoms with E-state index < -0.39 is 0 Å². The van der Waals surface area contributed by atoms with Crippen molar-refractivity contribution in [3.05, 3.63) is 0 Å². The maximum atomic E-state index is 2.51. The van der Waals surface area contributed by atoms with Crippen LogP contribution in [0.3, 0.4) is 0 Å². The molecule has 0 heterocycles. The van der Waals surface area contributed by atoms with Gasteiger partial charge in [0.1, 0.15) is 0 Å². The molecule has 0 radical (unpaired) electrons. The van der Waals surface area contributed by atoms with Crippen LogP contribution >= 0.6 is 0 Å². The first-order valence-electron chi connectivity index (χ1n) is 14.7. The summed E-state index contributed by atoms with van der Waals surface area (Å²) < 4.78 is 0. The molecule has 1 rings (SSSR count). The third-order valence-electron chi connectivity index (χ3n) is 7.65. The van der Waals surface area contributed by atoms with Crippen molar-refractivity contribution in [1.29, 1.82) is 0 Å². The molecule has 192 valence electrons. The molecular formula is C31H68. The second-order valence-electron chi connectivity index (χ2n) is 10.8. The minimum atomic E-state index is 0.870. The number of hydrogen-bond acceptors (Lipinski definition) is 0. The minimum Gasteiger partial charge on any atom is -0.0683 e. The summed E-state index contributed by atoms with van der Waals surface area (Å²) in [6, 6.07) is 0. The molecule has 0 bridgehead atoms. The Morgan fingerprint density at radius 2 is 1.10 bits per heavy atom. The van der Waals surface area contributed by atoms with Gasteiger partial charge in [0.25, 0.3) is 0 Å². The van der Waals surface area contributed by atoms with Crippen molar-refractivity contribution in [2.45, 2.75) is 161 Å². The Morgan fingerprint density at radius 1 is 0.645 bits per heavy atom. The highest BCUT2D eigenvalue weighted by atomic mass is 14.3. The van der Waals surface area contributed by atoms with Crippen molar-refractivity contribution in [3.8, 4) is 0 Å². The molecule has 0 nitrogen and oxygen atoms in total. The highest BCUT2D eigenvalue weighted by Gasteiger charge is 2.26. The summed E-state index contributed by atoms with van der Waals surface area (Å²) in [6.07, 6.45) is 15.4. The lowest BCUT2D eigenvalue weighted by atomic mass is 9.72. The van der Waals surface area contributed by atoms with E-state index in [0.717, 1.165) is 41.4 Å². The van der Waals surface area contributed by atoms with E-state index in [4.69, 9.17) is 0 Å². The van der Waals surface area contributed by atoms with Gasteiger partial charge in [-0.3, -0.25) is 0 Å². The van der Waals surface area contributed by atoms with Gasteiger partial charge in [0.05, 0.1) is 0 Å². The second-order valence-corrected chi connectivity index (χ2v) is 10.8. The molecule has 0 aliphatic heterocycles. The van der Waals surface area contributed by atoms with E-state index >= 15 is 0 Å². The second kappa shape index (κ2) is 24.6. The SMILES string of the molecule is CC.CC1CCCC1.CCC.CCCC(C)C(C)C(C)CC(C)C(CCC)C(C)CC. The van der Waals surface area contributed by atoms with Crippen LogP contribution in [0.25, 0.3) is 0 Å². The maximum Gasteiger partial charge on any atom is -0.0363 e. The predicted octanol–water partition coefficient (Wildman–Crippen LogP) is 11.8. The molecule has 1 aliphatic carbocycles. The van der Waals surface area contributed by atoms with Crippen LogP contribution in [0.4, 0.5) is 0 Å². The molecule has 6 unspecified atom stereocenters. The average Bonchev–Trinajstić information content (AvgIpc) is 3.24. The van der Waals surface area contributed by atoms with Gasteiger partial charge in [0.2, 0.25) is 0 Å². The van der Waals surface area contributed by atoms with E-state index in [1.165, 1.54) is 70.6 Å². The van der Waals surface area contributed by atoms with Crippen LogP contribution in [0.2, 0.25) is 0 Å². The summed E-state index contributed by atoms with van der Waals surface area (Å²) in [5.74, 6) is 6.38. The van der Waals surface area contributed by atoms with E-state index in [1.54, 1.807) is 0 Å². The van der Waals surface area contributed by atoms with Crippen molar-refractivity contribution in [3.63, 3.8) is 0 Å². The van der Waals surface area contributed by atoms with Crippen molar-refractivity contribution in [1.82, 2.24) is 0 Å². The molecule has 1 fully saturated rings. The van der Waals surface area contributed by atoms with Gasteiger partial charge in [-0.2, -0.15) is 0 Å². The Balaban J connectivity index is -0.000000580. The summed E-state index contributed by atoms with van der Waals surface area (Å²) in [5.41, 5.74) is 0. The van der Waals surface area contributed by atoms with Crippen LogP contribution in [0.5, 0.6) is 0 Å². The number of rotatable bonds is 11. The maximum absolute atomic E-state index is 2.51. The number of hydrogen-bond donors (Lipinski definition) is 0. The zero-order valence-corrected chi connectivity index (χ0v) is 24.8. The van der Waals surface area contributed by atoms with Gasteiger partial charge >= 0.3 is 0 Å². The lowest BCUT2D eigenvalue weighted by Crippen LogP contribution is -2.25. The van der Waals surface area contributed by atoms with E-state index in [2.05, 4.69) is 76.2 Å². The molecule has 31 heavy (non-hydrogen) atoms. The van der Waals surface area contributed by atoms with Crippen LogP contribution in [0, 0.1) is 41.4 Å². The van der Waals surface area contributed by atoms with E-state index in [0.29, 0.717) is 0 Å². The van der Waals surface area contributed by atoms with Gasteiger partial charge in [-0.1, -0.05) is 154 Å². The lowest BCUT2D eigenvalue weighted by Gasteiger charge is -2.34. The standard InChI is InChI=1S/C20H42.C6H12.C3H8.C2H6/c1-9-12-16(5)19(8)17(6)14-18(7)20(13-10-2)15(4)11-3;1-6-4-2-3-5-6;1-3-2;1-2/h15-20H,9-14H2,1-8H3;6H,2-5H2,1H3;3H2,1-2H3;1-2H3. The zero-order chi connectivity index (χ0) is 24.8. The van der Waals surface area contributed by atoms with Crippen molar-refractivity contribution in [2.75, 3.05) is 0 Å². The van der Waals surface area contributed by atoms with E-state index in [-0.39, 0.29) is 0 Å². The largest absolute Gasteiger partial charge is 0.0683 e. The molecule has 0 heteroatoms. The summed E-state index contributed by atoms with van der Waals surface area (Å²) in [4.78, 5) is 0. The Bertz CT molecular complexity index is 314. The van der Waals surface area contributed by atoms with Crippen molar-refractivity contribution >= 4 is 0 Å². The quantitative estimate of drug-likeness (QED) is 0.299. The molecule has 6 atom stereocenters. The van der Waals surface area contributed by atoms with Crippen LogP contribution in [0.1, 0.15) is 161 Å². The Kier molecular flexibility index (Phi) is 28.3. The van der Waals surface area contributed by atoms with Gasteiger partial charge in [0, 0.05) is 0 Å². The smallest absolute Gasteiger partial charge is 0.0363 e. The molecule has 0 aromatic heterocycles. The molecule has 0 amide bonds. The average molecular weight is 441 g/mol. The first kappa shape index (κ1) is 35.6. The fourth-order valence-corrected chi connectivity index (χ4v) is 5.15. The Morgan fingerprint density at radius 3 is 1.42 bits per heavy atom. The molecule has 0 saturated heterocycles. The highest BCUT2D eigenvalue weighted by molar-refractivity contribution is 4.76. The Labute approximate surface area is 202 Å². The fourth-order valence-electron chi connectivity index (χ4n) is 5.15. The summed E-state index contributed by atoms with van der Waals surface area (Å²) in [7, 11) is 0. The molecule has 0 aromatic carbocycles. The van der Waals surface area contributed by atoms with Gasteiger partial charge in [-0.05, 0) is 47.8 Å². The molecular weight excluding hydrogens is 372 g/mol. The van der Waals surface area contributed by atoms with Crippen LogP contribution in [0.15, 0.2) is 0 Å². The van der Waals surface area contributed by atoms with Crippen LogP contribution < -0.4 is 0 Å². The van der Waals surface area contributed by atoms with Gasteiger partial charge in [-0.15, -0.1) is 0 Å². The van der Waals surface area contributed by atoms with Gasteiger partial charge in [-0.25, -0.2) is 0 Å². The summed E-state index contributed by atoms with van der Waals surface area (Å²) in [5, 5.41) is 0. The molecule has 1 saturated carbocycles. The molecule has 0 N–H and O–H groups in total. The molecule has 0 spiro atoms. The van der Waals surface area contributed by atoms with Crippen LogP contribution in [-0.2, 0) is 0 Å². The lowest BCUT2D eigenvalue weighted by molar-refractivity contribution is 0.164. The van der Waals surface area contributed by atoms with Crippen molar-refractivity contribution < 1.29 is 0 Å². The monoisotopic (exact) mass is 441 g/mol. The summed E-state index contributed by atoms with van der Waals surface area (Å²) >= 11 is 0. The third-order valence-corrected chi connectivity index (χ3v) is 7.65. The van der Waals surface area contributed by atoms with Crippen molar-refractivity contribution in [2.24, 2.45) is 41.4 Å². The third kappa shape index (κ3) is 19.2. The van der Waals surface area contributed by atoms with E-state index in [1.807, 2.05) is 13.8 Å². The topological polar surface area (TPSA) is 0 Å². The fraction of sp³-hybridized carbons (Fsp3) is 1.00. The molecule has 0 aromatic rings. The highest BCUT2D eigenvalue weighted by Crippen LogP contribution is 2.36.